The second-order valence-electron chi connectivity index (χ2n) is 4.84. The lowest BCUT2D eigenvalue weighted by Gasteiger charge is -2.13. The molecule has 0 radical (unpaired) electrons. The molecule has 0 heterocycles. The molecule has 6 nitrogen and oxygen atoms in total. The lowest BCUT2D eigenvalue weighted by molar-refractivity contribution is -0.398. The predicted octanol–water partition coefficient (Wildman–Crippen LogP) is 2.88. The van der Waals surface area contributed by atoms with Crippen molar-refractivity contribution < 1.29 is 19.6 Å². The number of methoxy groups -OCH3 is 1. The molecule has 0 N–H and O–H groups in total. The van der Waals surface area contributed by atoms with E-state index in [1.165, 1.54) is 25.3 Å². The monoisotopic (exact) mass is 312 g/mol. The normalized spacial score (nSPS) is 10.7. The molecule has 118 valence electrons. The van der Waals surface area contributed by atoms with E-state index in [-0.39, 0.29) is 11.5 Å². The standard InChI is InChI=1S/C17H15NO5/c1-11-5-3-4-6-13(11)15(19)8-7-12-9-14(18(21)22)17(20)16(10-12)23-2/h3-10,20H,1-2H3/p-1/b8-7+. The largest absolute Gasteiger partial charge is 0.865 e. The Morgan fingerprint density at radius 1 is 1.26 bits per heavy atom. The highest BCUT2D eigenvalue weighted by Crippen LogP contribution is 2.34. The Labute approximate surface area is 132 Å². The van der Waals surface area contributed by atoms with Crippen LogP contribution in [-0.2, 0) is 0 Å². The molecule has 2 rings (SSSR count). The number of benzene rings is 2. The molecule has 0 aliphatic rings. The van der Waals surface area contributed by atoms with Crippen LogP contribution >= 0.6 is 0 Å². The van der Waals surface area contributed by atoms with Gasteiger partial charge in [-0.3, -0.25) is 14.9 Å². The second-order valence-corrected chi connectivity index (χ2v) is 4.84. The van der Waals surface area contributed by atoms with Gasteiger partial charge in [-0.25, -0.2) is 0 Å². The Bertz CT molecular complexity index is 796. The van der Waals surface area contributed by atoms with Gasteiger partial charge in [0.15, 0.2) is 5.78 Å². The van der Waals surface area contributed by atoms with Crippen LogP contribution in [0.3, 0.4) is 0 Å². The highest BCUT2D eigenvalue weighted by atomic mass is 16.6. The van der Waals surface area contributed by atoms with Crippen molar-refractivity contribution in [1.29, 1.82) is 0 Å². The Kier molecular flexibility index (Phi) is 4.75. The van der Waals surface area contributed by atoms with E-state index in [1.54, 1.807) is 12.1 Å². The van der Waals surface area contributed by atoms with E-state index in [0.29, 0.717) is 11.1 Å². The highest BCUT2D eigenvalue weighted by Gasteiger charge is 2.13. The van der Waals surface area contributed by atoms with Gasteiger partial charge in [-0.15, -0.1) is 0 Å². The van der Waals surface area contributed by atoms with Gasteiger partial charge >= 0.3 is 0 Å². The smallest absolute Gasteiger partial charge is 0.266 e. The summed E-state index contributed by atoms with van der Waals surface area (Å²) in [5.74, 6) is -1.15. The first-order valence-corrected chi connectivity index (χ1v) is 6.75. The predicted molar refractivity (Wildman–Crippen MR) is 83.6 cm³/mol. The molecule has 0 saturated carbocycles. The number of carbonyl (C=O) groups is 1. The van der Waals surface area contributed by atoms with Gasteiger partial charge in [0.05, 0.1) is 12.0 Å². The molecular weight excluding hydrogens is 298 g/mol. The number of ketones is 1. The van der Waals surface area contributed by atoms with Crippen LogP contribution in [0.2, 0.25) is 0 Å². The molecule has 0 aromatic heterocycles. The van der Waals surface area contributed by atoms with E-state index in [1.807, 2.05) is 19.1 Å². The molecule has 0 saturated heterocycles. The van der Waals surface area contributed by atoms with Crippen molar-refractivity contribution in [3.63, 3.8) is 0 Å². The van der Waals surface area contributed by atoms with Crippen LogP contribution in [0, 0.1) is 17.0 Å². The minimum absolute atomic E-state index is 0.137. The number of allylic oxidation sites excluding steroid dienone is 1. The van der Waals surface area contributed by atoms with Gasteiger partial charge < -0.3 is 9.84 Å². The molecule has 0 bridgehead atoms. The summed E-state index contributed by atoms with van der Waals surface area (Å²) >= 11 is 0. The maximum Gasteiger partial charge on any atom is 0.266 e. The summed E-state index contributed by atoms with van der Waals surface area (Å²) in [4.78, 5) is 22.3. The van der Waals surface area contributed by atoms with E-state index in [9.17, 15) is 20.0 Å². The summed E-state index contributed by atoms with van der Waals surface area (Å²) in [5, 5.41) is 22.6. The fourth-order valence-electron chi connectivity index (χ4n) is 2.10. The minimum Gasteiger partial charge on any atom is -0.865 e. The number of aryl methyl sites for hydroxylation is 1. The molecule has 23 heavy (non-hydrogen) atoms. The lowest BCUT2D eigenvalue weighted by atomic mass is 10.0. The van der Waals surface area contributed by atoms with Gasteiger partial charge in [-0.2, -0.15) is 0 Å². The quantitative estimate of drug-likeness (QED) is 0.366. The fourth-order valence-corrected chi connectivity index (χ4v) is 2.10. The number of ether oxygens (including phenoxy) is 1. The molecule has 0 aliphatic carbocycles. The van der Waals surface area contributed by atoms with Crippen LogP contribution < -0.4 is 9.84 Å². The van der Waals surface area contributed by atoms with E-state index >= 15 is 0 Å². The second kappa shape index (κ2) is 6.74. The van der Waals surface area contributed by atoms with Crippen LogP contribution in [0.4, 0.5) is 5.69 Å². The SMILES string of the molecule is COc1cc(/C=C/C(=O)c2ccccc2C)cc([N+](=O)[O-])c1[O-]. The van der Waals surface area contributed by atoms with Crippen molar-refractivity contribution in [3.8, 4) is 11.5 Å². The summed E-state index contributed by atoms with van der Waals surface area (Å²) in [7, 11) is 1.26. The number of hydrogen-bond donors (Lipinski definition) is 0. The Balaban J connectivity index is 2.36. The average Bonchev–Trinajstić information content (AvgIpc) is 2.53. The summed E-state index contributed by atoms with van der Waals surface area (Å²) < 4.78 is 4.85. The van der Waals surface area contributed by atoms with Crippen molar-refractivity contribution in [2.75, 3.05) is 7.11 Å². The van der Waals surface area contributed by atoms with Crippen LogP contribution in [0.25, 0.3) is 6.08 Å². The highest BCUT2D eigenvalue weighted by molar-refractivity contribution is 6.07. The first-order valence-electron chi connectivity index (χ1n) is 6.75. The van der Waals surface area contributed by atoms with Crippen molar-refractivity contribution >= 4 is 17.5 Å². The molecule has 0 unspecified atom stereocenters. The lowest BCUT2D eigenvalue weighted by Crippen LogP contribution is -2.01. The molecule has 2 aromatic rings. The summed E-state index contributed by atoms with van der Waals surface area (Å²) in [5.41, 5.74) is 1.13. The zero-order valence-electron chi connectivity index (χ0n) is 12.6. The maximum atomic E-state index is 12.2. The first kappa shape index (κ1) is 16.2. The van der Waals surface area contributed by atoms with Gasteiger partial charge in [-0.05, 0) is 30.2 Å². The Hall–Kier alpha value is -3.15. The van der Waals surface area contributed by atoms with E-state index in [0.717, 1.165) is 11.6 Å². The topological polar surface area (TPSA) is 92.5 Å². The van der Waals surface area contributed by atoms with Gasteiger partial charge in [0.2, 0.25) is 0 Å². The summed E-state index contributed by atoms with van der Waals surface area (Å²) in [6.45, 7) is 1.82. The molecule has 0 fully saturated rings. The number of rotatable bonds is 5. The maximum absolute atomic E-state index is 12.2. The molecular formula is C17H14NO5-. The van der Waals surface area contributed by atoms with Gasteiger partial charge in [0.25, 0.3) is 5.69 Å². The van der Waals surface area contributed by atoms with E-state index in [2.05, 4.69) is 0 Å². The van der Waals surface area contributed by atoms with Crippen molar-refractivity contribution in [3.05, 3.63) is 69.3 Å². The van der Waals surface area contributed by atoms with Gasteiger partial charge in [0, 0.05) is 17.4 Å². The van der Waals surface area contributed by atoms with Crippen molar-refractivity contribution in [2.45, 2.75) is 6.92 Å². The Morgan fingerprint density at radius 2 is 1.96 bits per heavy atom. The zero-order chi connectivity index (χ0) is 17.0. The van der Waals surface area contributed by atoms with Gasteiger partial charge in [0.1, 0.15) is 5.75 Å². The van der Waals surface area contributed by atoms with Crippen LogP contribution in [0.1, 0.15) is 21.5 Å². The van der Waals surface area contributed by atoms with Crippen molar-refractivity contribution in [1.82, 2.24) is 0 Å². The van der Waals surface area contributed by atoms with E-state index < -0.39 is 16.4 Å². The number of nitro groups is 1. The third kappa shape index (κ3) is 3.55. The number of hydrogen-bond acceptors (Lipinski definition) is 5. The average molecular weight is 312 g/mol. The van der Waals surface area contributed by atoms with Crippen LogP contribution in [0.5, 0.6) is 11.5 Å². The van der Waals surface area contributed by atoms with Crippen LogP contribution in [0.15, 0.2) is 42.5 Å². The number of nitro benzene ring substituents is 1. The zero-order valence-corrected chi connectivity index (χ0v) is 12.6. The fraction of sp³-hybridized carbons (Fsp3) is 0.118. The van der Waals surface area contributed by atoms with Crippen LogP contribution in [-0.4, -0.2) is 17.8 Å². The molecule has 6 heteroatoms. The van der Waals surface area contributed by atoms with E-state index in [4.69, 9.17) is 4.74 Å². The molecule has 0 amide bonds. The third-order valence-corrected chi connectivity index (χ3v) is 3.31. The molecule has 0 spiro atoms. The third-order valence-electron chi connectivity index (χ3n) is 3.31. The first-order chi connectivity index (χ1) is 10.9. The number of nitrogens with zero attached hydrogens (tertiary/aromatic N) is 1. The summed E-state index contributed by atoms with van der Waals surface area (Å²) in [6.07, 6.45) is 2.73. The molecule has 0 aliphatic heterocycles. The molecule has 0 atom stereocenters. The molecule has 2 aromatic carbocycles. The Morgan fingerprint density at radius 3 is 2.57 bits per heavy atom. The summed E-state index contributed by atoms with van der Waals surface area (Å²) in [6, 6.07) is 9.58. The van der Waals surface area contributed by atoms with Crippen molar-refractivity contribution in [2.24, 2.45) is 0 Å². The number of carbonyl (C=O) groups excluding carboxylic acids is 1. The van der Waals surface area contributed by atoms with Gasteiger partial charge in [-0.1, -0.05) is 30.3 Å². The minimum atomic E-state index is -0.792.